The molecule has 0 amide bonds. The van der Waals surface area contributed by atoms with Crippen LogP contribution in [-0.2, 0) is 4.74 Å². The Bertz CT molecular complexity index is 576. The molecule has 0 aromatic rings. The number of thioether (sulfide) groups is 6. The second kappa shape index (κ2) is 5.61. The van der Waals surface area contributed by atoms with Gasteiger partial charge in [-0.25, -0.2) is 0 Å². The largest absolute Gasteiger partial charge is 0.473 e. The minimum atomic E-state index is 1.25. The Balaban J connectivity index is 1.53. The zero-order valence-corrected chi connectivity index (χ0v) is 14.2. The van der Waals surface area contributed by atoms with Crippen LogP contribution in [0.5, 0.6) is 0 Å². The van der Waals surface area contributed by atoms with Gasteiger partial charge in [0.2, 0.25) is 0 Å². The summed E-state index contributed by atoms with van der Waals surface area (Å²) in [5.74, 6) is 0. The first-order valence-corrected chi connectivity index (χ1v) is 10.3. The van der Waals surface area contributed by atoms with Gasteiger partial charge < -0.3 is 4.74 Å². The molecule has 0 aliphatic carbocycles. The highest BCUT2D eigenvalue weighted by Crippen LogP contribution is 2.69. The van der Waals surface area contributed by atoms with E-state index in [4.69, 9.17) is 4.74 Å². The van der Waals surface area contributed by atoms with Crippen molar-refractivity contribution >= 4 is 70.6 Å². The summed E-state index contributed by atoms with van der Waals surface area (Å²) >= 11 is 11.3. The fourth-order valence-electron chi connectivity index (χ4n) is 1.55. The van der Waals surface area contributed by atoms with Crippen LogP contribution in [0, 0.1) is 0 Å². The van der Waals surface area contributed by atoms with Gasteiger partial charge in [0.15, 0.2) is 0 Å². The topological polar surface area (TPSA) is 9.23 Å². The summed E-state index contributed by atoms with van der Waals surface area (Å²) in [6.07, 6.45) is 7.52. The highest BCUT2D eigenvalue weighted by Gasteiger charge is 2.33. The standard InChI is InChI=1S/C12H6OS6/c1-3-13-4-2-7(1)8-16-11-12(17-8)19-10(18-11)9-14-5-6-15-9/h1-6H. The maximum Gasteiger partial charge on any atom is 0.0907 e. The molecular formula is C12H6OS6. The van der Waals surface area contributed by atoms with Gasteiger partial charge in [-0.3, -0.25) is 0 Å². The van der Waals surface area contributed by atoms with Gasteiger partial charge in [-0.2, -0.15) is 0 Å². The van der Waals surface area contributed by atoms with Gasteiger partial charge in [-0.05, 0) is 23.0 Å². The van der Waals surface area contributed by atoms with Crippen molar-refractivity contribution < 1.29 is 4.74 Å². The normalized spacial score (nSPS) is 24.8. The Morgan fingerprint density at radius 2 is 1.16 bits per heavy atom. The highest BCUT2D eigenvalue weighted by molar-refractivity contribution is 8.49. The minimum absolute atomic E-state index is 1.25. The molecule has 4 aliphatic rings. The van der Waals surface area contributed by atoms with Crippen LogP contribution in [0.3, 0.4) is 0 Å². The molecule has 96 valence electrons. The number of hydrogen-bond donors (Lipinski definition) is 0. The maximum atomic E-state index is 5.08. The predicted octanol–water partition coefficient (Wildman–Crippen LogP) is 6.42. The monoisotopic (exact) mass is 358 g/mol. The molecule has 0 fully saturated rings. The van der Waals surface area contributed by atoms with E-state index in [1.54, 1.807) is 12.5 Å². The van der Waals surface area contributed by atoms with Crippen LogP contribution in [0.1, 0.15) is 0 Å². The van der Waals surface area contributed by atoms with Gasteiger partial charge in [0, 0.05) is 5.57 Å². The van der Waals surface area contributed by atoms with Crippen LogP contribution in [0.2, 0.25) is 0 Å². The summed E-state index contributed by atoms with van der Waals surface area (Å²) in [6, 6.07) is 0. The Hall–Kier alpha value is 0.340. The van der Waals surface area contributed by atoms with Gasteiger partial charge in [0.05, 0.1) is 33.7 Å². The third-order valence-corrected chi connectivity index (χ3v) is 10.7. The van der Waals surface area contributed by atoms with Crippen LogP contribution >= 0.6 is 70.6 Å². The summed E-state index contributed by atoms with van der Waals surface area (Å²) in [4.78, 5) is 0. The Kier molecular flexibility index (Phi) is 3.85. The molecule has 0 spiro atoms. The molecule has 0 aromatic carbocycles. The van der Waals surface area contributed by atoms with E-state index in [-0.39, 0.29) is 0 Å². The first-order chi connectivity index (χ1) is 9.40. The lowest BCUT2D eigenvalue weighted by Gasteiger charge is -2.08. The second-order valence-corrected chi connectivity index (χ2v) is 10.8. The van der Waals surface area contributed by atoms with Crippen molar-refractivity contribution in [2.75, 3.05) is 0 Å². The van der Waals surface area contributed by atoms with E-state index in [2.05, 4.69) is 10.8 Å². The van der Waals surface area contributed by atoms with Crippen LogP contribution in [-0.4, -0.2) is 0 Å². The third-order valence-electron chi connectivity index (χ3n) is 2.37. The lowest BCUT2D eigenvalue weighted by molar-refractivity contribution is 0.398. The van der Waals surface area contributed by atoms with Crippen LogP contribution < -0.4 is 0 Å². The number of rotatable bonds is 0. The van der Waals surface area contributed by atoms with E-state index < -0.39 is 0 Å². The van der Waals surface area contributed by atoms with Gasteiger partial charge in [0.25, 0.3) is 0 Å². The van der Waals surface area contributed by atoms with Crippen LogP contribution in [0.15, 0.2) is 62.3 Å². The zero-order chi connectivity index (χ0) is 12.7. The first kappa shape index (κ1) is 13.0. The molecule has 19 heavy (non-hydrogen) atoms. The van der Waals surface area contributed by atoms with E-state index in [9.17, 15) is 0 Å². The SMILES string of the molecule is C1=CC(=C2SC3=C(S2)SC(=C2SC=CS2)S3)C=CO1. The molecule has 1 nitrogen and oxygen atoms in total. The van der Waals surface area contributed by atoms with E-state index in [0.717, 1.165) is 0 Å². The minimum Gasteiger partial charge on any atom is -0.473 e. The number of hydrogen-bond acceptors (Lipinski definition) is 7. The molecule has 7 heteroatoms. The molecule has 0 radical (unpaired) electrons. The average molecular weight is 359 g/mol. The van der Waals surface area contributed by atoms with Crippen molar-refractivity contribution in [1.29, 1.82) is 0 Å². The Labute approximate surface area is 136 Å². The molecule has 4 heterocycles. The Morgan fingerprint density at radius 3 is 1.79 bits per heavy atom. The van der Waals surface area contributed by atoms with Gasteiger partial charge in [-0.15, -0.1) is 0 Å². The third kappa shape index (κ3) is 2.61. The summed E-state index contributed by atoms with van der Waals surface area (Å²) in [5, 5.41) is 4.31. The smallest absolute Gasteiger partial charge is 0.0907 e. The second-order valence-electron chi connectivity index (χ2n) is 3.55. The van der Waals surface area contributed by atoms with Crippen molar-refractivity contribution in [2.45, 2.75) is 0 Å². The summed E-state index contributed by atoms with van der Waals surface area (Å²) < 4.78 is 12.2. The van der Waals surface area contributed by atoms with Crippen LogP contribution in [0.25, 0.3) is 0 Å². The first-order valence-electron chi connectivity index (χ1n) is 5.31. The van der Waals surface area contributed by atoms with Gasteiger partial charge in [-0.1, -0.05) is 70.6 Å². The molecule has 0 saturated carbocycles. The van der Waals surface area contributed by atoms with E-state index in [1.807, 2.05) is 82.7 Å². The van der Waals surface area contributed by atoms with E-state index in [0.29, 0.717) is 0 Å². The molecule has 0 aromatic heterocycles. The lowest BCUT2D eigenvalue weighted by Crippen LogP contribution is -1.82. The number of allylic oxidation sites excluding steroid dienone is 3. The fraction of sp³-hybridized carbons (Fsp3) is 0. The molecule has 4 aliphatic heterocycles. The van der Waals surface area contributed by atoms with E-state index >= 15 is 0 Å². The molecule has 4 rings (SSSR count). The summed E-state index contributed by atoms with van der Waals surface area (Å²) in [7, 11) is 0. The van der Waals surface area contributed by atoms with Crippen molar-refractivity contribution in [3.8, 4) is 0 Å². The molecule has 0 N–H and O–H groups in total. The Morgan fingerprint density at radius 1 is 0.632 bits per heavy atom. The lowest BCUT2D eigenvalue weighted by atomic mass is 10.3. The highest BCUT2D eigenvalue weighted by atomic mass is 32.3. The quantitative estimate of drug-likeness (QED) is 0.487. The van der Waals surface area contributed by atoms with Crippen LogP contribution in [0.4, 0.5) is 0 Å². The zero-order valence-electron chi connectivity index (χ0n) is 9.32. The molecule has 0 atom stereocenters. The van der Waals surface area contributed by atoms with E-state index in [1.165, 1.54) is 26.8 Å². The van der Waals surface area contributed by atoms with Crippen molar-refractivity contribution in [1.82, 2.24) is 0 Å². The summed E-state index contributed by atoms with van der Waals surface area (Å²) in [5.41, 5.74) is 1.25. The van der Waals surface area contributed by atoms with Crippen molar-refractivity contribution in [2.24, 2.45) is 0 Å². The fourth-order valence-corrected chi connectivity index (χ4v) is 10.1. The average Bonchev–Trinajstić information content (AvgIpc) is 3.14. The van der Waals surface area contributed by atoms with Gasteiger partial charge in [0.1, 0.15) is 0 Å². The summed E-state index contributed by atoms with van der Waals surface area (Å²) in [6.45, 7) is 0. The molecule has 0 saturated heterocycles. The number of ether oxygens (including phenoxy) is 1. The predicted molar refractivity (Wildman–Crippen MR) is 95.1 cm³/mol. The van der Waals surface area contributed by atoms with Crippen molar-refractivity contribution in [3.63, 3.8) is 0 Å². The molecular weight excluding hydrogens is 353 g/mol. The molecule has 0 unspecified atom stereocenters. The van der Waals surface area contributed by atoms with Gasteiger partial charge >= 0.3 is 0 Å². The van der Waals surface area contributed by atoms with Crippen molar-refractivity contribution in [3.05, 3.63) is 62.3 Å². The molecule has 0 bridgehead atoms. The maximum absolute atomic E-state index is 5.08.